The van der Waals surface area contributed by atoms with E-state index in [1.807, 2.05) is 6.07 Å². The van der Waals surface area contributed by atoms with E-state index in [-0.39, 0.29) is 6.61 Å². The fourth-order valence-corrected chi connectivity index (χ4v) is 3.15. The summed E-state index contributed by atoms with van der Waals surface area (Å²) in [6.45, 7) is 0.729. The Morgan fingerprint density at radius 2 is 1.89 bits per heavy atom. The van der Waals surface area contributed by atoms with Crippen LogP contribution >= 0.6 is 0 Å². The summed E-state index contributed by atoms with van der Waals surface area (Å²) in [6, 6.07) is 1.90. The Labute approximate surface area is 159 Å². The van der Waals surface area contributed by atoms with E-state index in [0.717, 1.165) is 17.8 Å². The number of aromatic nitrogens is 3. The van der Waals surface area contributed by atoms with Crippen molar-refractivity contribution in [2.45, 2.75) is 32.1 Å². The average Bonchev–Trinajstić information content (AvgIpc) is 2.73. The van der Waals surface area contributed by atoms with Gasteiger partial charge in [0.2, 0.25) is 0 Å². The summed E-state index contributed by atoms with van der Waals surface area (Å²) in [5, 5.41) is 15.6. The zero-order valence-corrected chi connectivity index (χ0v) is 15.2. The van der Waals surface area contributed by atoms with Crippen molar-refractivity contribution in [3.63, 3.8) is 0 Å². The third-order valence-electron chi connectivity index (χ3n) is 4.57. The lowest BCUT2D eigenvalue weighted by atomic mass is 9.89. The van der Waals surface area contributed by atoms with Gasteiger partial charge in [-0.15, -0.1) is 6.42 Å². The van der Waals surface area contributed by atoms with E-state index in [9.17, 15) is 0 Å². The highest BCUT2D eigenvalue weighted by Crippen LogP contribution is 2.25. The van der Waals surface area contributed by atoms with Crippen molar-refractivity contribution in [1.82, 2.24) is 15.0 Å². The maximum absolute atomic E-state index is 8.99. The van der Waals surface area contributed by atoms with Crippen LogP contribution in [0.5, 0.6) is 0 Å². The fourth-order valence-electron chi connectivity index (χ4n) is 3.15. The molecule has 0 saturated heterocycles. The van der Waals surface area contributed by atoms with Crippen molar-refractivity contribution < 1.29 is 5.11 Å². The van der Waals surface area contributed by atoms with Gasteiger partial charge >= 0.3 is 0 Å². The highest BCUT2D eigenvalue weighted by molar-refractivity contribution is 5.65. The second-order valence-corrected chi connectivity index (χ2v) is 6.52. The van der Waals surface area contributed by atoms with Gasteiger partial charge in [0.05, 0.1) is 23.6 Å². The van der Waals surface area contributed by atoms with Crippen LogP contribution in [0.15, 0.2) is 24.7 Å². The highest BCUT2D eigenvalue weighted by atomic mass is 16.2. The summed E-state index contributed by atoms with van der Waals surface area (Å²) in [5.74, 6) is 9.97. The number of anilines is 3. The number of nitrogens with one attached hydrogen (secondary N) is 2. The number of pyridine rings is 1. The minimum Gasteiger partial charge on any atom is -0.384 e. The van der Waals surface area contributed by atoms with Crippen LogP contribution in [-0.2, 0) is 0 Å². The molecule has 1 fully saturated rings. The standard InChI is InChI=1S/C21H23N5O/c1-2-18-14-25-21(15-22-18)26-20-11-19(17(13-24-20)9-6-10-27)23-12-16-7-4-3-5-8-16/h1,11,13-16,27H,3-5,7-8,10,12H2,(H2,23,24,25,26). The summed E-state index contributed by atoms with van der Waals surface area (Å²) in [6.07, 6.45) is 16.6. The van der Waals surface area contributed by atoms with Crippen LogP contribution in [0, 0.1) is 30.1 Å². The number of hydrogen-bond donors (Lipinski definition) is 3. The molecule has 138 valence electrons. The van der Waals surface area contributed by atoms with Crippen LogP contribution in [0.4, 0.5) is 17.3 Å². The fraction of sp³-hybridized carbons (Fsp3) is 0.381. The summed E-state index contributed by atoms with van der Waals surface area (Å²) in [5.41, 5.74) is 2.14. The summed E-state index contributed by atoms with van der Waals surface area (Å²) < 4.78 is 0. The largest absolute Gasteiger partial charge is 0.384 e. The van der Waals surface area contributed by atoms with Crippen molar-refractivity contribution in [1.29, 1.82) is 0 Å². The van der Waals surface area contributed by atoms with Gasteiger partial charge in [-0.05, 0) is 24.7 Å². The van der Waals surface area contributed by atoms with Gasteiger partial charge in [-0.2, -0.15) is 0 Å². The smallest absolute Gasteiger partial charge is 0.150 e. The minimum absolute atomic E-state index is 0.181. The van der Waals surface area contributed by atoms with Gasteiger partial charge in [0, 0.05) is 18.8 Å². The first-order valence-electron chi connectivity index (χ1n) is 9.18. The molecular weight excluding hydrogens is 338 g/mol. The molecule has 0 amide bonds. The average molecular weight is 361 g/mol. The van der Waals surface area contributed by atoms with E-state index in [1.165, 1.54) is 38.3 Å². The van der Waals surface area contributed by atoms with Crippen LogP contribution in [0.1, 0.15) is 43.4 Å². The number of hydrogen-bond acceptors (Lipinski definition) is 6. The third kappa shape index (κ3) is 5.44. The van der Waals surface area contributed by atoms with E-state index in [1.54, 1.807) is 12.4 Å². The molecule has 2 heterocycles. The van der Waals surface area contributed by atoms with Gasteiger partial charge in [0.15, 0.2) is 0 Å². The molecule has 0 atom stereocenters. The molecule has 1 saturated carbocycles. The molecule has 3 N–H and O–H groups in total. The van der Waals surface area contributed by atoms with Gasteiger partial charge in [0.1, 0.15) is 23.9 Å². The number of terminal acetylenes is 1. The van der Waals surface area contributed by atoms with Gasteiger partial charge in [-0.3, -0.25) is 0 Å². The zero-order chi connectivity index (χ0) is 18.9. The Kier molecular flexibility index (Phi) is 6.62. The second kappa shape index (κ2) is 9.56. The topological polar surface area (TPSA) is 83.0 Å². The maximum Gasteiger partial charge on any atom is 0.150 e. The van der Waals surface area contributed by atoms with Crippen LogP contribution in [0.2, 0.25) is 0 Å². The summed E-state index contributed by atoms with van der Waals surface area (Å²) in [4.78, 5) is 12.7. The Morgan fingerprint density at radius 1 is 1.07 bits per heavy atom. The molecule has 0 spiro atoms. The molecule has 1 aliphatic rings. The first kappa shape index (κ1) is 18.7. The van der Waals surface area contributed by atoms with E-state index < -0.39 is 0 Å². The molecule has 0 aliphatic heterocycles. The highest BCUT2D eigenvalue weighted by Gasteiger charge is 2.14. The molecule has 3 rings (SSSR count). The molecule has 0 unspecified atom stereocenters. The number of rotatable bonds is 5. The molecule has 2 aromatic heterocycles. The van der Waals surface area contributed by atoms with Gasteiger partial charge < -0.3 is 15.7 Å². The Bertz CT molecular complexity index is 855. The number of nitrogens with zero attached hydrogens (tertiary/aromatic N) is 3. The monoisotopic (exact) mass is 361 g/mol. The van der Waals surface area contributed by atoms with E-state index in [4.69, 9.17) is 11.5 Å². The molecule has 0 aromatic carbocycles. The van der Waals surface area contributed by atoms with Gasteiger partial charge in [-0.1, -0.05) is 31.1 Å². The van der Waals surface area contributed by atoms with Crippen molar-refractivity contribution in [2.24, 2.45) is 5.92 Å². The van der Waals surface area contributed by atoms with Crippen molar-refractivity contribution in [3.8, 4) is 24.2 Å². The SMILES string of the molecule is C#Cc1cnc(Nc2cc(NCC3CCCCC3)c(C#CCO)cn2)cn1. The predicted molar refractivity (Wildman–Crippen MR) is 107 cm³/mol. The molecule has 1 aliphatic carbocycles. The summed E-state index contributed by atoms with van der Waals surface area (Å²) in [7, 11) is 0. The Hall–Kier alpha value is -3.09. The number of aliphatic hydroxyl groups is 1. The van der Waals surface area contributed by atoms with Crippen LogP contribution < -0.4 is 10.6 Å². The molecule has 0 bridgehead atoms. The Morgan fingerprint density at radius 3 is 2.59 bits per heavy atom. The lowest BCUT2D eigenvalue weighted by molar-refractivity contribution is 0.350. The lowest BCUT2D eigenvalue weighted by Crippen LogP contribution is -2.17. The molecule has 6 heteroatoms. The predicted octanol–water partition coefficient (Wildman–Crippen LogP) is 2.93. The quantitative estimate of drug-likeness (QED) is 0.710. The normalized spacial score (nSPS) is 13.9. The van der Waals surface area contributed by atoms with Crippen molar-refractivity contribution >= 4 is 17.3 Å². The first-order chi connectivity index (χ1) is 13.3. The van der Waals surface area contributed by atoms with Crippen LogP contribution in [-0.4, -0.2) is 33.2 Å². The van der Waals surface area contributed by atoms with Gasteiger partial charge in [-0.25, -0.2) is 15.0 Å². The molecule has 27 heavy (non-hydrogen) atoms. The molecular formula is C21H23N5O. The lowest BCUT2D eigenvalue weighted by Gasteiger charge is -2.22. The van der Waals surface area contributed by atoms with Crippen molar-refractivity contribution in [3.05, 3.63) is 35.9 Å². The van der Waals surface area contributed by atoms with Crippen LogP contribution in [0.25, 0.3) is 0 Å². The van der Waals surface area contributed by atoms with E-state index in [0.29, 0.717) is 23.2 Å². The maximum atomic E-state index is 8.99. The molecule has 0 radical (unpaired) electrons. The molecule has 2 aromatic rings. The van der Waals surface area contributed by atoms with E-state index >= 15 is 0 Å². The van der Waals surface area contributed by atoms with E-state index in [2.05, 4.69) is 43.3 Å². The Balaban J connectivity index is 1.75. The summed E-state index contributed by atoms with van der Waals surface area (Å²) >= 11 is 0. The molecule has 6 nitrogen and oxygen atoms in total. The van der Waals surface area contributed by atoms with Gasteiger partial charge in [0.25, 0.3) is 0 Å². The van der Waals surface area contributed by atoms with Crippen molar-refractivity contribution in [2.75, 3.05) is 23.8 Å². The zero-order valence-electron chi connectivity index (χ0n) is 15.2. The minimum atomic E-state index is -0.181. The number of aliphatic hydroxyl groups excluding tert-OH is 1. The third-order valence-corrected chi connectivity index (χ3v) is 4.57. The first-order valence-corrected chi connectivity index (χ1v) is 9.18. The van der Waals surface area contributed by atoms with Crippen LogP contribution in [0.3, 0.4) is 0 Å². The second-order valence-electron chi connectivity index (χ2n) is 6.52.